The first-order chi connectivity index (χ1) is 19.9. The van der Waals surface area contributed by atoms with Gasteiger partial charge in [-0.2, -0.15) is 0 Å². The summed E-state index contributed by atoms with van der Waals surface area (Å²) in [7, 11) is 0. The summed E-state index contributed by atoms with van der Waals surface area (Å²) in [6.45, 7) is 2.56. The van der Waals surface area contributed by atoms with E-state index in [1.54, 1.807) is 18.2 Å². The minimum absolute atomic E-state index is 0.104. The standard InChI is InChI=1S/C32H30F2N4O3/c1-2-3-9-27-36-32(16-4-5-17-32)30(39)38(27)19-20-10-12-21(13-11-20)25-18-22(23-7-6-8-26(33)28(23)34)14-15-24(25)29-35-31(40)41-37-29/h6-8,10-15,18H,2-5,9,16-17,19H2,1H3,(H,35,37,40). The predicted molar refractivity (Wildman–Crippen MR) is 152 cm³/mol. The van der Waals surface area contributed by atoms with Crippen molar-refractivity contribution >= 4 is 11.7 Å². The number of aliphatic imine (C=N–C) groups is 1. The third-order valence-electron chi connectivity index (χ3n) is 8.07. The Hall–Kier alpha value is -4.40. The zero-order valence-corrected chi connectivity index (χ0v) is 22.8. The summed E-state index contributed by atoms with van der Waals surface area (Å²) in [6, 6.07) is 16.8. The van der Waals surface area contributed by atoms with Gasteiger partial charge < -0.3 is 0 Å². The number of unbranched alkanes of at least 4 members (excludes halogenated alkanes) is 1. The number of nitrogens with one attached hydrogen (secondary N) is 1. The van der Waals surface area contributed by atoms with Crippen molar-refractivity contribution in [2.24, 2.45) is 4.99 Å². The van der Waals surface area contributed by atoms with E-state index in [-0.39, 0.29) is 17.3 Å². The summed E-state index contributed by atoms with van der Waals surface area (Å²) in [6.07, 6.45) is 6.46. The van der Waals surface area contributed by atoms with E-state index in [0.717, 1.165) is 68.0 Å². The Morgan fingerprint density at radius 1 is 0.951 bits per heavy atom. The monoisotopic (exact) mass is 556 g/mol. The molecule has 2 heterocycles. The molecule has 0 unspecified atom stereocenters. The number of rotatable bonds is 8. The zero-order chi connectivity index (χ0) is 28.6. The molecule has 41 heavy (non-hydrogen) atoms. The van der Waals surface area contributed by atoms with Crippen LogP contribution in [0, 0.1) is 11.6 Å². The average Bonchev–Trinajstić information content (AvgIpc) is 3.70. The first kappa shape index (κ1) is 26.8. The molecule has 6 rings (SSSR count). The van der Waals surface area contributed by atoms with Crippen LogP contribution in [-0.2, 0) is 11.3 Å². The SMILES string of the molecule is CCCCC1=NC2(CCCC2)C(=O)N1Cc1ccc(-c2cc(-c3cccc(F)c3F)ccc2-c2noc(=O)[nH]2)cc1. The van der Waals surface area contributed by atoms with Crippen LogP contribution in [0.4, 0.5) is 8.78 Å². The number of nitrogens with zero attached hydrogens (tertiary/aromatic N) is 3. The summed E-state index contributed by atoms with van der Waals surface area (Å²) in [5.74, 6) is -1.36. The highest BCUT2D eigenvalue weighted by molar-refractivity contribution is 6.08. The number of benzene rings is 3. The summed E-state index contributed by atoms with van der Waals surface area (Å²) in [5.41, 5.74) is 2.94. The molecule has 4 aromatic rings. The normalized spacial score (nSPS) is 16.1. The average molecular weight is 557 g/mol. The van der Waals surface area contributed by atoms with Gasteiger partial charge in [0.15, 0.2) is 17.5 Å². The van der Waals surface area contributed by atoms with Crippen LogP contribution in [0.1, 0.15) is 57.4 Å². The van der Waals surface area contributed by atoms with Crippen molar-refractivity contribution in [3.8, 4) is 33.6 Å². The Balaban J connectivity index is 1.34. The Morgan fingerprint density at radius 3 is 2.41 bits per heavy atom. The van der Waals surface area contributed by atoms with Crippen LogP contribution in [0.3, 0.4) is 0 Å². The van der Waals surface area contributed by atoms with Gasteiger partial charge in [0.25, 0.3) is 5.91 Å². The molecule has 3 aromatic carbocycles. The third-order valence-corrected chi connectivity index (χ3v) is 8.07. The van der Waals surface area contributed by atoms with Crippen molar-refractivity contribution in [3.63, 3.8) is 0 Å². The number of aromatic amines is 1. The quantitative estimate of drug-likeness (QED) is 0.256. The molecule has 9 heteroatoms. The van der Waals surface area contributed by atoms with Gasteiger partial charge in [-0.3, -0.25) is 24.2 Å². The maximum atomic E-state index is 14.7. The first-order valence-corrected chi connectivity index (χ1v) is 14.0. The second kappa shape index (κ2) is 10.9. The van der Waals surface area contributed by atoms with E-state index in [0.29, 0.717) is 23.2 Å². The van der Waals surface area contributed by atoms with Gasteiger partial charge >= 0.3 is 5.76 Å². The highest BCUT2D eigenvalue weighted by Gasteiger charge is 2.49. The molecule has 1 aromatic heterocycles. The van der Waals surface area contributed by atoms with E-state index in [4.69, 9.17) is 9.52 Å². The molecule has 0 saturated heterocycles. The lowest BCUT2D eigenvalue weighted by Crippen LogP contribution is -2.40. The number of amidine groups is 1. The van der Waals surface area contributed by atoms with Gasteiger partial charge in [-0.25, -0.2) is 13.6 Å². The fourth-order valence-electron chi connectivity index (χ4n) is 5.90. The van der Waals surface area contributed by atoms with Gasteiger partial charge in [0, 0.05) is 17.5 Å². The van der Waals surface area contributed by atoms with Crippen LogP contribution in [0.25, 0.3) is 33.6 Å². The maximum Gasteiger partial charge on any atom is 0.439 e. The van der Waals surface area contributed by atoms with Crippen LogP contribution < -0.4 is 5.76 Å². The Morgan fingerprint density at radius 2 is 1.71 bits per heavy atom. The highest BCUT2D eigenvalue weighted by Crippen LogP contribution is 2.40. The number of hydrogen-bond donors (Lipinski definition) is 1. The second-order valence-corrected chi connectivity index (χ2v) is 10.8. The molecule has 7 nitrogen and oxygen atoms in total. The number of halogens is 2. The van der Waals surface area contributed by atoms with Crippen molar-refractivity contribution in [2.45, 2.75) is 64.0 Å². The minimum atomic E-state index is -0.938. The van der Waals surface area contributed by atoms with Crippen LogP contribution >= 0.6 is 0 Å². The summed E-state index contributed by atoms with van der Waals surface area (Å²) >= 11 is 0. The van der Waals surface area contributed by atoms with Gasteiger partial charge in [-0.05, 0) is 59.7 Å². The van der Waals surface area contributed by atoms with Crippen molar-refractivity contribution in [1.29, 1.82) is 0 Å². The van der Waals surface area contributed by atoms with Crippen molar-refractivity contribution in [3.05, 3.63) is 88.4 Å². The molecule has 1 aliphatic carbocycles. The molecule has 1 fully saturated rings. The summed E-state index contributed by atoms with van der Waals surface area (Å²) in [5, 5.41) is 3.83. The Kier molecular flexibility index (Phi) is 7.11. The molecule has 1 N–H and O–H groups in total. The lowest BCUT2D eigenvalue weighted by Gasteiger charge is -2.23. The number of carbonyl (C=O) groups excluding carboxylic acids is 1. The number of amides is 1. The number of hydrogen-bond acceptors (Lipinski definition) is 5. The minimum Gasteiger partial charge on any atom is -0.296 e. The molecule has 210 valence electrons. The van der Waals surface area contributed by atoms with Gasteiger partial charge in [0.2, 0.25) is 0 Å². The number of H-pyrrole nitrogens is 1. The molecule has 1 spiro atoms. The van der Waals surface area contributed by atoms with Gasteiger partial charge in [0.1, 0.15) is 11.4 Å². The molecule has 1 amide bonds. The van der Waals surface area contributed by atoms with Crippen LogP contribution in [0.15, 0.2) is 75.0 Å². The molecule has 2 aliphatic rings. The molecule has 0 radical (unpaired) electrons. The van der Waals surface area contributed by atoms with E-state index in [9.17, 15) is 18.4 Å². The van der Waals surface area contributed by atoms with Crippen LogP contribution in [0.5, 0.6) is 0 Å². The van der Waals surface area contributed by atoms with Gasteiger partial charge in [-0.1, -0.05) is 73.8 Å². The van der Waals surface area contributed by atoms with E-state index < -0.39 is 22.9 Å². The zero-order valence-electron chi connectivity index (χ0n) is 22.8. The predicted octanol–water partition coefficient (Wildman–Crippen LogP) is 6.89. The molecule has 1 aliphatic heterocycles. The van der Waals surface area contributed by atoms with Crippen molar-refractivity contribution in [1.82, 2.24) is 15.0 Å². The number of carbonyl (C=O) groups is 1. The third kappa shape index (κ3) is 5.01. The van der Waals surface area contributed by atoms with E-state index in [2.05, 4.69) is 17.1 Å². The van der Waals surface area contributed by atoms with E-state index in [1.807, 2.05) is 29.2 Å². The van der Waals surface area contributed by atoms with Crippen LogP contribution in [-0.4, -0.2) is 32.3 Å². The van der Waals surface area contributed by atoms with Crippen molar-refractivity contribution < 1.29 is 18.1 Å². The Bertz CT molecular complexity index is 1680. The summed E-state index contributed by atoms with van der Waals surface area (Å²) in [4.78, 5) is 34.6. The van der Waals surface area contributed by atoms with Crippen LogP contribution in [0.2, 0.25) is 0 Å². The largest absolute Gasteiger partial charge is 0.439 e. The van der Waals surface area contributed by atoms with Crippen molar-refractivity contribution in [2.75, 3.05) is 0 Å². The van der Waals surface area contributed by atoms with Gasteiger partial charge in [-0.15, -0.1) is 0 Å². The first-order valence-electron chi connectivity index (χ1n) is 14.0. The highest BCUT2D eigenvalue weighted by atomic mass is 19.2. The lowest BCUT2D eigenvalue weighted by atomic mass is 9.93. The second-order valence-electron chi connectivity index (χ2n) is 10.8. The smallest absolute Gasteiger partial charge is 0.296 e. The molecular formula is C32H30F2N4O3. The van der Waals surface area contributed by atoms with E-state index >= 15 is 0 Å². The Labute approximate surface area is 235 Å². The fourth-order valence-corrected chi connectivity index (χ4v) is 5.90. The molecule has 1 saturated carbocycles. The lowest BCUT2D eigenvalue weighted by molar-refractivity contribution is -0.131. The summed E-state index contributed by atoms with van der Waals surface area (Å²) < 4.78 is 33.4. The maximum absolute atomic E-state index is 14.7. The topological polar surface area (TPSA) is 91.6 Å². The fraction of sp³-hybridized carbons (Fsp3) is 0.312. The van der Waals surface area contributed by atoms with Gasteiger partial charge in [0.05, 0.1) is 6.54 Å². The molecular weight excluding hydrogens is 526 g/mol. The molecule has 0 atom stereocenters. The van der Waals surface area contributed by atoms with E-state index in [1.165, 1.54) is 12.1 Å². The number of aromatic nitrogens is 2. The molecule has 0 bridgehead atoms.